The van der Waals surface area contributed by atoms with Crippen LogP contribution >= 0.6 is 0 Å². The van der Waals surface area contributed by atoms with E-state index in [0.717, 1.165) is 5.56 Å². The van der Waals surface area contributed by atoms with Crippen LogP contribution in [0.15, 0.2) is 65.3 Å². The lowest BCUT2D eigenvalue weighted by atomic mass is 10.1. The van der Waals surface area contributed by atoms with Gasteiger partial charge in [-0.05, 0) is 55.0 Å². The van der Waals surface area contributed by atoms with E-state index in [-0.39, 0.29) is 17.6 Å². The first kappa shape index (κ1) is 20.0. The van der Waals surface area contributed by atoms with E-state index in [2.05, 4.69) is 10.6 Å². The number of ether oxygens (including phenoxy) is 2. The van der Waals surface area contributed by atoms with Crippen LogP contribution < -0.4 is 20.1 Å². The van der Waals surface area contributed by atoms with E-state index in [1.54, 1.807) is 42.5 Å². The van der Waals surface area contributed by atoms with Crippen molar-refractivity contribution in [1.29, 1.82) is 0 Å². The third kappa shape index (κ3) is 5.16. The van der Waals surface area contributed by atoms with E-state index < -0.39 is 0 Å². The number of hydrogen-bond donors (Lipinski definition) is 2. The molecule has 3 rings (SSSR count). The molecule has 0 aliphatic heterocycles. The molecule has 29 heavy (non-hydrogen) atoms. The van der Waals surface area contributed by atoms with Crippen LogP contribution in [0.4, 0.5) is 5.69 Å². The lowest BCUT2D eigenvalue weighted by molar-refractivity contribution is 0.0949. The molecule has 2 amide bonds. The van der Waals surface area contributed by atoms with Gasteiger partial charge in [-0.2, -0.15) is 0 Å². The maximum atomic E-state index is 12.4. The Balaban J connectivity index is 1.57. The smallest absolute Gasteiger partial charge is 0.291 e. The van der Waals surface area contributed by atoms with Crippen LogP contribution in [0.2, 0.25) is 0 Å². The van der Waals surface area contributed by atoms with Gasteiger partial charge in [0.1, 0.15) is 0 Å². The predicted molar refractivity (Wildman–Crippen MR) is 108 cm³/mol. The van der Waals surface area contributed by atoms with E-state index in [1.165, 1.54) is 13.4 Å². The summed E-state index contributed by atoms with van der Waals surface area (Å²) in [7, 11) is 1.53. The summed E-state index contributed by atoms with van der Waals surface area (Å²) >= 11 is 0. The maximum Gasteiger partial charge on any atom is 0.291 e. The summed E-state index contributed by atoms with van der Waals surface area (Å²) in [6.07, 6.45) is 1.45. The molecule has 150 valence electrons. The van der Waals surface area contributed by atoms with E-state index >= 15 is 0 Å². The molecule has 1 aromatic heterocycles. The Morgan fingerprint density at radius 2 is 1.79 bits per heavy atom. The average Bonchev–Trinajstić information content (AvgIpc) is 3.28. The lowest BCUT2D eigenvalue weighted by Crippen LogP contribution is -2.22. The van der Waals surface area contributed by atoms with Gasteiger partial charge in [-0.15, -0.1) is 0 Å². The molecule has 2 aromatic carbocycles. The second kappa shape index (κ2) is 9.45. The van der Waals surface area contributed by atoms with Gasteiger partial charge in [0.05, 0.1) is 20.0 Å². The van der Waals surface area contributed by atoms with Crippen LogP contribution in [0, 0.1) is 0 Å². The Hall–Kier alpha value is -3.74. The zero-order chi connectivity index (χ0) is 20.6. The minimum absolute atomic E-state index is 0.221. The highest BCUT2D eigenvalue weighted by atomic mass is 16.5. The molecule has 0 saturated heterocycles. The zero-order valence-corrected chi connectivity index (χ0v) is 16.2. The molecule has 7 nitrogen and oxygen atoms in total. The molecule has 2 N–H and O–H groups in total. The van der Waals surface area contributed by atoms with Crippen LogP contribution in [0.3, 0.4) is 0 Å². The van der Waals surface area contributed by atoms with Gasteiger partial charge in [0, 0.05) is 17.8 Å². The topological polar surface area (TPSA) is 89.8 Å². The van der Waals surface area contributed by atoms with Crippen molar-refractivity contribution in [3.63, 3.8) is 0 Å². The molecule has 0 aliphatic carbocycles. The first-order valence-electron chi connectivity index (χ1n) is 9.13. The quantitative estimate of drug-likeness (QED) is 0.605. The summed E-state index contributed by atoms with van der Waals surface area (Å²) < 4.78 is 15.8. The van der Waals surface area contributed by atoms with Crippen molar-refractivity contribution in [2.75, 3.05) is 19.0 Å². The Kier molecular flexibility index (Phi) is 6.52. The van der Waals surface area contributed by atoms with Gasteiger partial charge in [0.2, 0.25) is 0 Å². The van der Waals surface area contributed by atoms with Crippen molar-refractivity contribution in [3.8, 4) is 11.5 Å². The zero-order valence-electron chi connectivity index (χ0n) is 16.2. The number of anilines is 1. The molecular formula is C22H22N2O5. The fourth-order valence-electron chi connectivity index (χ4n) is 2.67. The Labute approximate surface area is 168 Å². The molecule has 0 atom stereocenters. The molecule has 0 unspecified atom stereocenters. The third-order valence-electron chi connectivity index (χ3n) is 4.14. The highest BCUT2D eigenvalue weighted by molar-refractivity contribution is 6.02. The maximum absolute atomic E-state index is 12.4. The summed E-state index contributed by atoms with van der Waals surface area (Å²) in [5.41, 5.74) is 2.01. The number of carbonyl (C=O) groups excluding carboxylic acids is 2. The van der Waals surface area contributed by atoms with Crippen molar-refractivity contribution in [2.24, 2.45) is 0 Å². The largest absolute Gasteiger partial charge is 0.493 e. The summed E-state index contributed by atoms with van der Waals surface area (Å²) in [4.78, 5) is 24.4. The highest BCUT2D eigenvalue weighted by Gasteiger charge is 2.11. The number of hydrogen-bond acceptors (Lipinski definition) is 5. The minimum atomic E-state index is -0.319. The molecule has 7 heteroatoms. The Morgan fingerprint density at radius 1 is 1.00 bits per heavy atom. The predicted octanol–water partition coefficient (Wildman–Crippen LogP) is 3.87. The van der Waals surface area contributed by atoms with Crippen LogP contribution in [-0.4, -0.2) is 25.5 Å². The van der Waals surface area contributed by atoms with Crippen molar-refractivity contribution in [3.05, 3.63) is 77.7 Å². The number of amides is 2. The third-order valence-corrected chi connectivity index (χ3v) is 4.14. The standard InChI is InChI=1S/C22H22N2O5/c1-3-28-18-11-8-16(13-20(18)27-2)21(25)23-14-15-6-9-17(10-7-15)24-22(26)19-5-4-12-29-19/h4-13H,3,14H2,1-2H3,(H,23,25)(H,24,26). The lowest BCUT2D eigenvalue weighted by Gasteiger charge is -2.11. The second-order valence-electron chi connectivity index (χ2n) is 6.11. The van der Waals surface area contributed by atoms with Gasteiger partial charge in [0.25, 0.3) is 11.8 Å². The second-order valence-corrected chi connectivity index (χ2v) is 6.11. The van der Waals surface area contributed by atoms with Gasteiger partial charge in [0.15, 0.2) is 17.3 Å². The molecule has 1 heterocycles. The Morgan fingerprint density at radius 3 is 2.45 bits per heavy atom. The van der Waals surface area contributed by atoms with Crippen molar-refractivity contribution < 1.29 is 23.5 Å². The number of rotatable bonds is 8. The summed E-state index contributed by atoms with van der Waals surface area (Å²) in [6, 6.07) is 15.5. The average molecular weight is 394 g/mol. The Bertz CT molecular complexity index is 965. The number of carbonyl (C=O) groups is 2. The number of methoxy groups -OCH3 is 1. The van der Waals surface area contributed by atoms with Crippen LogP contribution in [0.25, 0.3) is 0 Å². The van der Waals surface area contributed by atoms with Gasteiger partial charge >= 0.3 is 0 Å². The van der Waals surface area contributed by atoms with Crippen LogP contribution in [0.1, 0.15) is 33.4 Å². The molecule has 0 aliphatic rings. The van der Waals surface area contributed by atoms with E-state index in [0.29, 0.717) is 35.9 Å². The van der Waals surface area contributed by atoms with Gasteiger partial charge in [-0.25, -0.2) is 0 Å². The van der Waals surface area contributed by atoms with E-state index in [9.17, 15) is 9.59 Å². The van der Waals surface area contributed by atoms with Crippen LogP contribution in [-0.2, 0) is 6.54 Å². The number of furan rings is 1. The van der Waals surface area contributed by atoms with Crippen LogP contribution in [0.5, 0.6) is 11.5 Å². The molecule has 0 fully saturated rings. The monoisotopic (exact) mass is 394 g/mol. The first-order valence-corrected chi connectivity index (χ1v) is 9.13. The summed E-state index contributed by atoms with van der Waals surface area (Å²) in [6.45, 7) is 2.74. The van der Waals surface area contributed by atoms with E-state index in [1.807, 2.05) is 19.1 Å². The van der Waals surface area contributed by atoms with E-state index in [4.69, 9.17) is 13.9 Å². The highest BCUT2D eigenvalue weighted by Crippen LogP contribution is 2.28. The molecular weight excluding hydrogens is 372 g/mol. The molecule has 3 aromatic rings. The summed E-state index contributed by atoms with van der Waals surface area (Å²) in [5, 5.41) is 5.61. The van der Waals surface area contributed by atoms with Gasteiger partial charge in [-0.3, -0.25) is 9.59 Å². The van der Waals surface area contributed by atoms with Crippen molar-refractivity contribution in [1.82, 2.24) is 5.32 Å². The van der Waals surface area contributed by atoms with Gasteiger partial charge in [-0.1, -0.05) is 12.1 Å². The first-order chi connectivity index (χ1) is 14.1. The SMILES string of the molecule is CCOc1ccc(C(=O)NCc2ccc(NC(=O)c3ccco3)cc2)cc1OC. The van der Waals surface area contributed by atoms with Crippen molar-refractivity contribution >= 4 is 17.5 Å². The fraction of sp³-hybridized carbons (Fsp3) is 0.182. The normalized spacial score (nSPS) is 10.3. The molecule has 0 radical (unpaired) electrons. The van der Waals surface area contributed by atoms with Gasteiger partial charge < -0.3 is 24.5 Å². The molecule has 0 spiro atoms. The molecule has 0 saturated carbocycles. The number of nitrogens with one attached hydrogen (secondary N) is 2. The van der Waals surface area contributed by atoms with Crippen molar-refractivity contribution in [2.45, 2.75) is 13.5 Å². The minimum Gasteiger partial charge on any atom is -0.493 e. The molecule has 0 bridgehead atoms. The number of benzene rings is 2. The summed E-state index contributed by atoms with van der Waals surface area (Å²) in [5.74, 6) is 0.809. The fourth-order valence-corrected chi connectivity index (χ4v) is 2.67.